The molecule has 2 aromatic carbocycles. The number of carbonyl (C=O) groups excluding carboxylic acids is 3. The van der Waals surface area contributed by atoms with Gasteiger partial charge in [0.2, 0.25) is 11.9 Å². The molecule has 0 radical (unpaired) electrons. The maximum atomic E-state index is 12.6. The van der Waals surface area contributed by atoms with Crippen molar-refractivity contribution in [2.75, 3.05) is 20.8 Å². The fraction of sp³-hybridized carbons (Fsp3) is 0.538. The zero-order chi connectivity index (χ0) is 39.0. The van der Waals surface area contributed by atoms with E-state index in [4.69, 9.17) is 33.2 Å². The lowest BCUT2D eigenvalue weighted by molar-refractivity contribution is -0.368. The highest BCUT2D eigenvalue weighted by Gasteiger charge is 2.62. The molecule has 1 heterocycles. The molecule has 2 aromatic rings. The predicted octanol–water partition coefficient (Wildman–Crippen LogP) is 6.54. The third kappa shape index (κ3) is 9.53. The SMILES string of the molecule is COc1ccc(Cc2ccc(C#C[Si](C(C)C)(C(C)C)C(C)C)cc2)cc1C1(OC)O[C@H](COC(=O)O)[C@@H](OC(C)=O)[C@H](OC(C)=O)[C@H]1OC(C)=O. The van der Waals surface area contributed by atoms with Gasteiger partial charge in [-0.1, -0.05) is 65.7 Å². The van der Waals surface area contributed by atoms with Crippen molar-refractivity contribution < 1.29 is 57.4 Å². The van der Waals surface area contributed by atoms with Gasteiger partial charge in [-0.3, -0.25) is 14.4 Å². The van der Waals surface area contributed by atoms with Crippen LogP contribution in [0.5, 0.6) is 5.75 Å². The van der Waals surface area contributed by atoms with E-state index in [-0.39, 0.29) is 11.3 Å². The minimum atomic E-state index is -2.07. The Morgan fingerprint density at radius 3 is 1.83 bits per heavy atom. The molecule has 1 aliphatic rings. The van der Waals surface area contributed by atoms with Crippen LogP contribution in [0.15, 0.2) is 42.5 Å². The highest BCUT2D eigenvalue weighted by Crippen LogP contribution is 2.47. The molecule has 1 N–H and O–H groups in total. The van der Waals surface area contributed by atoms with Gasteiger partial charge in [0.05, 0.1) is 12.7 Å². The van der Waals surface area contributed by atoms with Gasteiger partial charge in [-0.15, -0.1) is 5.54 Å². The average Bonchev–Trinajstić information content (AvgIpc) is 3.05. The van der Waals surface area contributed by atoms with Gasteiger partial charge in [0.1, 0.15) is 26.5 Å². The number of rotatable bonds is 13. The largest absolute Gasteiger partial charge is 0.505 e. The van der Waals surface area contributed by atoms with Crippen LogP contribution in [-0.2, 0) is 55.0 Å². The summed E-state index contributed by atoms with van der Waals surface area (Å²) in [6.07, 6.45) is -7.10. The van der Waals surface area contributed by atoms with Crippen LogP contribution in [0.1, 0.15) is 84.6 Å². The van der Waals surface area contributed by atoms with Gasteiger partial charge >= 0.3 is 24.1 Å². The van der Waals surface area contributed by atoms with Crippen molar-refractivity contribution in [3.8, 4) is 17.2 Å². The lowest BCUT2D eigenvalue weighted by atomic mass is 9.85. The second kappa shape index (κ2) is 17.9. The van der Waals surface area contributed by atoms with Crippen LogP contribution in [0.25, 0.3) is 0 Å². The quantitative estimate of drug-likeness (QED) is 0.103. The molecular weight excluding hydrogens is 689 g/mol. The van der Waals surface area contributed by atoms with Crippen LogP contribution >= 0.6 is 0 Å². The average molecular weight is 741 g/mol. The zero-order valence-corrected chi connectivity index (χ0v) is 32.9. The molecule has 5 atom stereocenters. The second-order valence-corrected chi connectivity index (χ2v) is 19.4. The van der Waals surface area contributed by atoms with Crippen LogP contribution in [0.4, 0.5) is 4.79 Å². The molecule has 0 spiro atoms. The van der Waals surface area contributed by atoms with Crippen LogP contribution in [0.3, 0.4) is 0 Å². The van der Waals surface area contributed by atoms with Crippen molar-refractivity contribution in [1.29, 1.82) is 0 Å². The summed E-state index contributed by atoms with van der Waals surface area (Å²) in [7, 11) is 0.806. The molecule has 52 heavy (non-hydrogen) atoms. The summed E-state index contributed by atoms with van der Waals surface area (Å²) in [5.41, 5.74) is 8.25. The molecule has 0 bridgehead atoms. The maximum absolute atomic E-state index is 12.6. The molecular formula is C39H52O12Si. The van der Waals surface area contributed by atoms with E-state index in [9.17, 15) is 24.3 Å². The lowest BCUT2D eigenvalue weighted by Crippen LogP contribution is -2.67. The first kappa shape index (κ1) is 42.0. The molecule has 0 amide bonds. The van der Waals surface area contributed by atoms with Gasteiger partial charge in [-0.05, 0) is 58.4 Å². The minimum Gasteiger partial charge on any atom is -0.496 e. The summed E-state index contributed by atoms with van der Waals surface area (Å²) in [5, 5.41) is 9.31. The van der Waals surface area contributed by atoms with Crippen LogP contribution < -0.4 is 4.74 Å². The van der Waals surface area contributed by atoms with E-state index in [2.05, 4.69) is 53.0 Å². The summed E-state index contributed by atoms with van der Waals surface area (Å²) in [6.45, 7) is 16.4. The topological polar surface area (TPSA) is 153 Å². The van der Waals surface area contributed by atoms with E-state index in [0.29, 0.717) is 23.0 Å². The number of methoxy groups -OCH3 is 2. The number of benzene rings is 2. The van der Waals surface area contributed by atoms with E-state index in [1.54, 1.807) is 12.1 Å². The van der Waals surface area contributed by atoms with Gasteiger partial charge in [0.25, 0.3) is 0 Å². The number of hydrogen-bond acceptors (Lipinski definition) is 11. The molecule has 284 valence electrons. The summed E-state index contributed by atoms with van der Waals surface area (Å²) >= 11 is 0. The van der Waals surface area contributed by atoms with Crippen molar-refractivity contribution in [1.82, 2.24) is 0 Å². The summed E-state index contributed by atoms with van der Waals surface area (Å²) < 4.78 is 39.8. The normalized spacial score (nSPS) is 21.6. The Balaban J connectivity index is 2.14. The number of carboxylic acid groups (broad SMARTS) is 1. The molecule has 1 aliphatic heterocycles. The van der Waals surface area contributed by atoms with Crippen molar-refractivity contribution in [2.24, 2.45) is 0 Å². The Hall–Kier alpha value is -4.38. The minimum absolute atomic E-state index is 0.236. The Morgan fingerprint density at radius 1 is 0.808 bits per heavy atom. The zero-order valence-electron chi connectivity index (χ0n) is 31.9. The molecule has 1 unspecified atom stereocenters. The first-order valence-corrected chi connectivity index (χ1v) is 19.5. The fourth-order valence-electron chi connectivity index (χ4n) is 7.40. The van der Waals surface area contributed by atoms with Crippen LogP contribution in [0.2, 0.25) is 16.6 Å². The van der Waals surface area contributed by atoms with E-state index in [1.165, 1.54) is 14.2 Å². The maximum Gasteiger partial charge on any atom is 0.505 e. The van der Waals surface area contributed by atoms with Crippen LogP contribution in [0, 0.1) is 11.5 Å². The molecule has 1 fully saturated rings. The summed E-state index contributed by atoms with van der Waals surface area (Å²) in [4.78, 5) is 48.7. The molecule has 13 heteroatoms. The van der Waals surface area contributed by atoms with E-state index in [1.807, 2.05) is 30.3 Å². The van der Waals surface area contributed by atoms with Gasteiger partial charge < -0.3 is 38.3 Å². The van der Waals surface area contributed by atoms with Gasteiger partial charge in [-0.2, -0.15) is 0 Å². The third-order valence-electron chi connectivity index (χ3n) is 9.55. The third-order valence-corrected chi connectivity index (χ3v) is 15.8. The Morgan fingerprint density at radius 2 is 1.35 bits per heavy atom. The van der Waals surface area contributed by atoms with Gasteiger partial charge in [0.15, 0.2) is 12.2 Å². The van der Waals surface area contributed by atoms with E-state index < -0.39 is 68.9 Å². The monoisotopic (exact) mass is 740 g/mol. The lowest BCUT2D eigenvalue weighted by Gasteiger charge is -2.50. The standard InChI is InChI=1S/C39H52O12Si/c1-23(2)52(24(3)4,25(5)6)19-18-29-12-14-30(15-13-29)20-31-16-17-33(45-10)32(21-31)39(46-11)37(50-28(9)42)36(49-27(8)41)35(48-26(7)40)34(51-39)22-47-38(43)44/h12-17,21,23-25,34-37H,20,22H2,1-11H3,(H,43,44)/t34-,35-,36+,37-,39?/m1/s1. The smallest absolute Gasteiger partial charge is 0.496 e. The molecule has 0 aliphatic carbocycles. The molecule has 0 saturated carbocycles. The first-order chi connectivity index (χ1) is 24.4. The fourth-order valence-corrected chi connectivity index (χ4v) is 12.6. The summed E-state index contributed by atoms with van der Waals surface area (Å²) in [6, 6.07) is 13.3. The highest BCUT2D eigenvalue weighted by molar-refractivity contribution is 6.90. The predicted molar refractivity (Wildman–Crippen MR) is 194 cm³/mol. The summed E-state index contributed by atoms with van der Waals surface area (Å²) in [5.74, 6) is -0.724. The molecule has 0 aromatic heterocycles. The number of carbonyl (C=O) groups is 4. The van der Waals surface area contributed by atoms with Gasteiger partial charge in [-0.25, -0.2) is 4.79 Å². The Bertz CT molecular complexity index is 1620. The second-order valence-electron chi connectivity index (χ2n) is 13.8. The Kier molecular flexibility index (Phi) is 14.5. The van der Waals surface area contributed by atoms with Crippen molar-refractivity contribution >= 4 is 32.1 Å². The first-order valence-electron chi connectivity index (χ1n) is 17.3. The molecule has 12 nitrogen and oxygen atoms in total. The Labute approximate surface area is 307 Å². The van der Waals surface area contributed by atoms with E-state index in [0.717, 1.165) is 37.5 Å². The van der Waals surface area contributed by atoms with Crippen LogP contribution in [-0.4, -0.2) is 82.5 Å². The van der Waals surface area contributed by atoms with Crippen molar-refractivity contribution in [3.63, 3.8) is 0 Å². The van der Waals surface area contributed by atoms with Gasteiger partial charge in [0, 0.05) is 33.4 Å². The number of esters is 3. The highest BCUT2D eigenvalue weighted by atomic mass is 28.3. The number of ether oxygens (including phenoxy) is 7. The van der Waals surface area contributed by atoms with Crippen molar-refractivity contribution in [3.05, 3.63) is 64.7 Å². The van der Waals surface area contributed by atoms with Crippen molar-refractivity contribution in [2.45, 2.75) is 116 Å². The number of hydrogen-bond donors (Lipinski definition) is 1. The molecule has 3 rings (SSSR count). The molecule has 1 saturated heterocycles. The van der Waals surface area contributed by atoms with E-state index >= 15 is 0 Å².